The summed E-state index contributed by atoms with van der Waals surface area (Å²) in [5.41, 5.74) is 4.07. The highest BCUT2D eigenvalue weighted by atomic mass is 16.2. The van der Waals surface area contributed by atoms with E-state index in [1.165, 1.54) is 0 Å². The fourth-order valence-corrected chi connectivity index (χ4v) is 4.39. The number of carbonyl (C=O) groups excluding carboxylic acids is 1. The number of carbonyl (C=O) groups is 1. The maximum Gasteiger partial charge on any atom is 0.244 e. The minimum absolute atomic E-state index is 0.101. The molecule has 2 aliphatic rings. The minimum Gasteiger partial charge on any atom is -0.347 e. The van der Waals surface area contributed by atoms with Crippen molar-refractivity contribution in [2.45, 2.75) is 38.1 Å². The summed E-state index contributed by atoms with van der Waals surface area (Å²) >= 11 is 0. The third-order valence-electron chi connectivity index (χ3n) is 5.95. The van der Waals surface area contributed by atoms with Crippen molar-refractivity contribution >= 4 is 23.5 Å². The van der Waals surface area contributed by atoms with Crippen LogP contribution in [0.1, 0.15) is 30.5 Å². The molecule has 1 fully saturated rings. The Kier molecular flexibility index (Phi) is 5.01. The van der Waals surface area contributed by atoms with Crippen LogP contribution in [0.2, 0.25) is 0 Å². The predicted molar refractivity (Wildman–Crippen MR) is 118 cm³/mol. The molecule has 1 amide bonds. The number of aromatic amines is 1. The molecule has 3 aromatic heterocycles. The number of aryl methyl sites for hydroxylation is 1. The summed E-state index contributed by atoms with van der Waals surface area (Å²) in [5, 5.41) is 10.9. The Bertz CT molecular complexity index is 1090. The normalized spacial score (nSPS) is 17.6. The van der Waals surface area contributed by atoms with Crippen molar-refractivity contribution < 1.29 is 4.79 Å². The van der Waals surface area contributed by atoms with E-state index in [0.29, 0.717) is 11.8 Å². The number of hydrogen-bond donors (Lipinski definition) is 2. The van der Waals surface area contributed by atoms with E-state index < -0.39 is 0 Å². The Morgan fingerprint density at radius 1 is 1.26 bits per heavy atom. The van der Waals surface area contributed by atoms with Crippen LogP contribution >= 0.6 is 0 Å². The topological polar surface area (TPSA) is 103 Å². The molecule has 0 spiro atoms. The molecule has 1 aliphatic heterocycles. The van der Waals surface area contributed by atoms with E-state index in [0.717, 1.165) is 67.0 Å². The largest absolute Gasteiger partial charge is 0.347 e. The van der Waals surface area contributed by atoms with Gasteiger partial charge in [0.05, 0.1) is 11.4 Å². The third-order valence-corrected chi connectivity index (χ3v) is 5.95. The molecule has 4 heterocycles. The van der Waals surface area contributed by atoms with E-state index in [9.17, 15) is 4.79 Å². The molecule has 9 heteroatoms. The number of rotatable bonds is 5. The van der Waals surface area contributed by atoms with Crippen LogP contribution in [-0.2, 0) is 17.6 Å². The summed E-state index contributed by atoms with van der Waals surface area (Å²) in [6, 6.07) is 5.63. The smallest absolute Gasteiger partial charge is 0.244 e. The Morgan fingerprint density at radius 3 is 2.97 bits per heavy atom. The molecule has 0 bridgehead atoms. The second kappa shape index (κ2) is 7.98. The van der Waals surface area contributed by atoms with Gasteiger partial charge in [0.2, 0.25) is 11.9 Å². The molecule has 31 heavy (non-hydrogen) atoms. The standard InChI is InChI=1S/C22H26N8O/c1-29(2)21(31)18-9-5-11-30(18)22-24-16-8-3-7-15(16)20(26-22)25-19-12-17(27-28-19)14-6-4-10-23-13-14/h4,6,10,12-13,18H,3,5,7-9,11H2,1-2H3,(H2,24,25,26,27,28). The predicted octanol–water partition coefficient (Wildman–Crippen LogP) is 2.55. The molecule has 9 nitrogen and oxygen atoms in total. The second-order valence-corrected chi connectivity index (χ2v) is 8.27. The molecule has 2 N–H and O–H groups in total. The lowest BCUT2D eigenvalue weighted by Crippen LogP contribution is -2.43. The van der Waals surface area contributed by atoms with Crippen molar-refractivity contribution in [3.05, 3.63) is 41.9 Å². The molecule has 1 saturated heterocycles. The van der Waals surface area contributed by atoms with Gasteiger partial charge < -0.3 is 15.1 Å². The Morgan fingerprint density at radius 2 is 2.16 bits per heavy atom. The number of fused-ring (bicyclic) bond motifs is 1. The fraction of sp³-hybridized carbons (Fsp3) is 0.409. The van der Waals surface area contributed by atoms with Crippen molar-refractivity contribution in [2.75, 3.05) is 30.9 Å². The molecule has 1 atom stereocenters. The monoisotopic (exact) mass is 418 g/mol. The highest BCUT2D eigenvalue weighted by Crippen LogP contribution is 2.33. The Labute approximate surface area is 180 Å². The molecule has 3 aromatic rings. The molecular weight excluding hydrogens is 392 g/mol. The summed E-state index contributed by atoms with van der Waals surface area (Å²) in [6.45, 7) is 0.788. The molecule has 160 valence electrons. The number of H-pyrrole nitrogens is 1. The molecule has 0 aromatic carbocycles. The first kappa shape index (κ1) is 19.5. The lowest BCUT2D eigenvalue weighted by Gasteiger charge is -2.27. The molecule has 1 aliphatic carbocycles. The fourth-order valence-electron chi connectivity index (χ4n) is 4.39. The van der Waals surface area contributed by atoms with E-state index in [-0.39, 0.29) is 11.9 Å². The summed E-state index contributed by atoms with van der Waals surface area (Å²) < 4.78 is 0. The van der Waals surface area contributed by atoms with Gasteiger partial charge in [0.1, 0.15) is 11.9 Å². The van der Waals surface area contributed by atoms with Gasteiger partial charge in [-0.3, -0.25) is 14.9 Å². The van der Waals surface area contributed by atoms with Crippen LogP contribution in [0.4, 0.5) is 17.6 Å². The van der Waals surface area contributed by atoms with Crippen LogP contribution in [0, 0.1) is 0 Å². The quantitative estimate of drug-likeness (QED) is 0.656. The third kappa shape index (κ3) is 3.71. The first-order valence-electron chi connectivity index (χ1n) is 10.7. The van der Waals surface area contributed by atoms with Gasteiger partial charge in [-0.2, -0.15) is 10.1 Å². The second-order valence-electron chi connectivity index (χ2n) is 8.27. The van der Waals surface area contributed by atoms with Gasteiger partial charge in [0, 0.05) is 50.2 Å². The van der Waals surface area contributed by atoms with Crippen molar-refractivity contribution in [1.29, 1.82) is 0 Å². The molecule has 0 radical (unpaired) electrons. The van der Waals surface area contributed by atoms with Gasteiger partial charge in [-0.15, -0.1) is 0 Å². The minimum atomic E-state index is -0.204. The van der Waals surface area contributed by atoms with E-state index in [2.05, 4.69) is 25.4 Å². The van der Waals surface area contributed by atoms with Crippen molar-refractivity contribution in [3.63, 3.8) is 0 Å². The van der Waals surface area contributed by atoms with Crippen LogP contribution in [-0.4, -0.2) is 62.6 Å². The number of amides is 1. The molecule has 0 saturated carbocycles. The van der Waals surface area contributed by atoms with Crippen LogP contribution < -0.4 is 10.2 Å². The van der Waals surface area contributed by atoms with Crippen LogP contribution in [0.5, 0.6) is 0 Å². The number of hydrogen-bond acceptors (Lipinski definition) is 7. The molecule has 5 rings (SSSR count). The number of likely N-dealkylation sites (N-methyl/N-ethyl adjacent to an activating group) is 1. The lowest BCUT2D eigenvalue weighted by molar-refractivity contribution is -0.129. The van der Waals surface area contributed by atoms with E-state index in [4.69, 9.17) is 9.97 Å². The van der Waals surface area contributed by atoms with Crippen molar-refractivity contribution in [2.24, 2.45) is 0 Å². The summed E-state index contributed by atoms with van der Waals surface area (Å²) in [5.74, 6) is 2.21. The van der Waals surface area contributed by atoms with Crippen molar-refractivity contribution in [1.82, 2.24) is 30.0 Å². The number of nitrogens with zero attached hydrogens (tertiary/aromatic N) is 6. The Hall–Kier alpha value is -3.49. The van der Waals surface area contributed by atoms with E-state index in [1.54, 1.807) is 31.4 Å². The van der Waals surface area contributed by atoms with Gasteiger partial charge in [0.15, 0.2) is 5.82 Å². The van der Waals surface area contributed by atoms with E-state index >= 15 is 0 Å². The van der Waals surface area contributed by atoms with Gasteiger partial charge in [-0.25, -0.2) is 4.98 Å². The zero-order valence-electron chi connectivity index (χ0n) is 17.8. The SMILES string of the molecule is CN(C)C(=O)C1CCCN1c1nc2c(c(Nc3cc(-c4cccnc4)[nH]n3)n1)CCC2. The van der Waals surface area contributed by atoms with Gasteiger partial charge in [-0.1, -0.05) is 0 Å². The van der Waals surface area contributed by atoms with Gasteiger partial charge in [-0.05, 0) is 44.2 Å². The van der Waals surface area contributed by atoms with Gasteiger partial charge >= 0.3 is 0 Å². The summed E-state index contributed by atoms with van der Waals surface area (Å²) in [7, 11) is 3.60. The number of anilines is 3. The zero-order chi connectivity index (χ0) is 21.4. The lowest BCUT2D eigenvalue weighted by atomic mass is 10.2. The Balaban J connectivity index is 1.45. The van der Waals surface area contributed by atoms with Crippen molar-refractivity contribution in [3.8, 4) is 11.3 Å². The maximum atomic E-state index is 12.7. The van der Waals surface area contributed by atoms with Crippen LogP contribution in [0.15, 0.2) is 30.6 Å². The molecular formula is C22H26N8O. The zero-order valence-corrected chi connectivity index (χ0v) is 17.8. The highest BCUT2D eigenvalue weighted by molar-refractivity contribution is 5.85. The number of nitrogens with one attached hydrogen (secondary N) is 2. The number of pyridine rings is 1. The van der Waals surface area contributed by atoms with E-state index in [1.807, 2.05) is 18.2 Å². The number of aromatic nitrogens is 5. The summed E-state index contributed by atoms with van der Waals surface area (Å²) in [4.78, 5) is 30.3. The highest BCUT2D eigenvalue weighted by Gasteiger charge is 2.34. The average molecular weight is 419 g/mol. The van der Waals surface area contributed by atoms with Crippen LogP contribution in [0.25, 0.3) is 11.3 Å². The average Bonchev–Trinajstić information content (AvgIpc) is 3.53. The maximum absolute atomic E-state index is 12.7. The van der Waals surface area contributed by atoms with Gasteiger partial charge in [0.25, 0.3) is 0 Å². The summed E-state index contributed by atoms with van der Waals surface area (Å²) in [6.07, 6.45) is 8.27. The first-order valence-corrected chi connectivity index (χ1v) is 10.7. The van der Waals surface area contributed by atoms with Crippen LogP contribution in [0.3, 0.4) is 0 Å². The first-order chi connectivity index (χ1) is 15.1. The molecule has 1 unspecified atom stereocenters.